The van der Waals surface area contributed by atoms with E-state index in [-0.39, 0.29) is 13.1 Å². The average Bonchev–Trinajstić information content (AvgIpc) is 2.69. The van der Waals surface area contributed by atoms with Gasteiger partial charge in [-0.25, -0.2) is 27.2 Å². The summed E-state index contributed by atoms with van der Waals surface area (Å²) in [6, 6.07) is 0. The zero-order valence-electron chi connectivity index (χ0n) is 21.4. The van der Waals surface area contributed by atoms with Gasteiger partial charge in [-0.15, -0.1) is 0 Å². The van der Waals surface area contributed by atoms with Gasteiger partial charge in [0.05, 0.1) is 26.3 Å². The fourth-order valence-electron chi connectivity index (χ4n) is 3.53. The van der Waals surface area contributed by atoms with Gasteiger partial charge in [-0.1, -0.05) is 0 Å². The predicted octanol–water partition coefficient (Wildman–Crippen LogP) is 1.68. The van der Waals surface area contributed by atoms with Gasteiger partial charge in [0.25, 0.3) is 11.8 Å². The number of alkyl halides is 4. The van der Waals surface area contributed by atoms with E-state index in [1.807, 2.05) is 0 Å². The van der Waals surface area contributed by atoms with Crippen molar-refractivity contribution in [1.29, 1.82) is 0 Å². The zero-order chi connectivity index (χ0) is 28.3. The number of piperidine rings is 2. The molecule has 0 aliphatic carbocycles. The average molecular weight is 535 g/mol. The molecule has 0 spiro atoms. The summed E-state index contributed by atoms with van der Waals surface area (Å²) in [4.78, 5) is 25.0. The van der Waals surface area contributed by atoms with Gasteiger partial charge in [0, 0.05) is 24.9 Å². The minimum atomic E-state index is -3.44. The molecular weight excluding hydrogens is 496 g/mol. The molecule has 36 heavy (non-hydrogen) atoms. The summed E-state index contributed by atoms with van der Waals surface area (Å²) >= 11 is 0. The number of carbonyl (C=O) groups is 2. The topological polar surface area (TPSA) is 140 Å². The number of nitrogens with zero attached hydrogens (tertiary/aromatic N) is 2. The molecule has 0 aromatic heterocycles. The van der Waals surface area contributed by atoms with E-state index in [0.717, 1.165) is 9.80 Å². The number of likely N-dealkylation sites (tertiary alicyclic amines) is 2. The second-order valence-electron chi connectivity index (χ2n) is 11.0. The van der Waals surface area contributed by atoms with Crippen LogP contribution in [-0.4, -0.2) is 117 Å². The third kappa shape index (κ3) is 9.20. The van der Waals surface area contributed by atoms with Crippen molar-refractivity contribution in [1.82, 2.24) is 9.80 Å². The molecule has 2 heterocycles. The van der Waals surface area contributed by atoms with E-state index in [1.54, 1.807) is 41.5 Å². The van der Waals surface area contributed by atoms with E-state index >= 15 is 0 Å². The maximum atomic E-state index is 13.5. The number of aliphatic hydroxyl groups is 4. The number of halogens is 4. The van der Waals surface area contributed by atoms with Crippen LogP contribution in [0.4, 0.5) is 27.2 Å². The van der Waals surface area contributed by atoms with Gasteiger partial charge in [0.2, 0.25) is 0 Å². The van der Waals surface area contributed by atoms with E-state index in [4.69, 9.17) is 19.7 Å². The van der Waals surface area contributed by atoms with Gasteiger partial charge >= 0.3 is 12.2 Å². The number of aliphatic hydroxyl groups excluding tert-OH is 4. The zero-order valence-corrected chi connectivity index (χ0v) is 21.4. The fraction of sp³-hybridized carbons (Fsp3) is 0.909. The molecule has 0 unspecified atom stereocenters. The molecule has 0 aromatic carbocycles. The first kappa shape index (κ1) is 32.1. The molecule has 2 rings (SSSR count). The minimum absolute atomic E-state index is 0.151. The lowest BCUT2D eigenvalue weighted by Crippen LogP contribution is -2.59. The van der Waals surface area contributed by atoms with Crippen LogP contribution in [0.25, 0.3) is 0 Å². The number of amides is 2. The lowest BCUT2D eigenvalue weighted by Gasteiger charge is -2.40. The second-order valence-corrected chi connectivity index (χ2v) is 11.0. The molecule has 212 valence electrons. The summed E-state index contributed by atoms with van der Waals surface area (Å²) in [7, 11) is 0. The lowest BCUT2D eigenvalue weighted by molar-refractivity contribution is -0.177. The Labute approximate surface area is 207 Å². The van der Waals surface area contributed by atoms with Gasteiger partial charge in [-0.05, 0) is 41.5 Å². The highest BCUT2D eigenvalue weighted by atomic mass is 19.3. The van der Waals surface area contributed by atoms with Gasteiger partial charge < -0.3 is 39.7 Å². The summed E-state index contributed by atoms with van der Waals surface area (Å²) in [5.41, 5.74) is -1.56. The van der Waals surface area contributed by atoms with Crippen LogP contribution in [0.2, 0.25) is 0 Å². The Hall–Kier alpha value is -1.90. The van der Waals surface area contributed by atoms with Gasteiger partial charge in [0.15, 0.2) is 0 Å². The van der Waals surface area contributed by atoms with Crippen molar-refractivity contribution in [2.24, 2.45) is 11.8 Å². The van der Waals surface area contributed by atoms with Crippen LogP contribution in [0.5, 0.6) is 0 Å². The van der Waals surface area contributed by atoms with Crippen LogP contribution in [0.3, 0.4) is 0 Å². The number of carbonyl (C=O) groups excluding carboxylic acids is 2. The summed E-state index contributed by atoms with van der Waals surface area (Å²) in [6.07, 6.45) is -5.62. The van der Waals surface area contributed by atoms with Crippen LogP contribution in [0, 0.1) is 11.8 Å². The van der Waals surface area contributed by atoms with Crippen LogP contribution < -0.4 is 0 Å². The van der Waals surface area contributed by atoms with E-state index in [1.165, 1.54) is 0 Å². The number of hydrogen-bond donors (Lipinski definition) is 4. The molecule has 2 saturated heterocycles. The molecule has 4 atom stereocenters. The monoisotopic (exact) mass is 534 g/mol. The third-order valence-electron chi connectivity index (χ3n) is 5.24. The van der Waals surface area contributed by atoms with Crippen molar-refractivity contribution < 1.29 is 57.1 Å². The van der Waals surface area contributed by atoms with Crippen molar-refractivity contribution >= 4 is 12.2 Å². The van der Waals surface area contributed by atoms with E-state index in [2.05, 4.69) is 0 Å². The van der Waals surface area contributed by atoms with Crippen molar-refractivity contribution in [2.75, 3.05) is 39.4 Å². The minimum Gasteiger partial charge on any atom is -0.444 e. The summed E-state index contributed by atoms with van der Waals surface area (Å²) in [6.45, 7) is 6.44. The van der Waals surface area contributed by atoms with E-state index in [9.17, 15) is 37.4 Å². The maximum absolute atomic E-state index is 13.5. The SMILES string of the molecule is CC(C)(C)OC(=O)N1C[C@@H](CO)[C@H](O)C(F)(F)C1.CC(C)(C)OC(=O)N1C[C@H](CO)[C@@H](O)C(F)(F)C1. The Morgan fingerprint density at radius 2 is 1.03 bits per heavy atom. The Morgan fingerprint density at radius 3 is 1.25 bits per heavy atom. The first-order valence-corrected chi connectivity index (χ1v) is 11.4. The molecule has 4 N–H and O–H groups in total. The van der Waals surface area contributed by atoms with Crippen LogP contribution in [0.1, 0.15) is 41.5 Å². The molecule has 14 heteroatoms. The Bertz CT molecular complexity index is 695. The maximum Gasteiger partial charge on any atom is 0.410 e. The van der Waals surface area contributed by atoms with Crippen molar-refractivity contribution in [2.45, 2.75) is 76.8 Å². The van der Waals surface area contributed by atoms with Crippen molar-refractivity contribution in [3.8, 4) is 0 Å². The van der Waals surface area contributed by atoms with Gasteiger partial charge in [-0.2, -0.15) is 0 Å². The summed E-state index contributed by atoms with van der Waals surface area (Å²) < 4.78 is 63.8. The molecule has 0 aromatic rings. The van der Waals surface area contributed by atoms with Gasteiger partial charge in [-0.3, -0.25) is 0 Å². The van der Waals surface area contributed by atoms with Crippen molar-refractivity contribution in [3.63, 3.8) is 0 Å². The smallest absolute Gasteiger partial charge is 0.410 e. The van der Waals surface area contributed by atoms with Crippen LogP contribution in [-0.2, 0) is 9.47 Å². The fourth-order valence-corrected chi connectivity index (χ4v) is 3.53. The Morgan fingerprint density at radius 1 is 0.750 bits per heavy atom. The highest BCUT2D eigenvalue weighted by Gasteiger charge is 2.51. The molecule has 0 saturated carbocycles. The van der Waals surface area contributed by atoms with Crippen molar-refractivity contribution in [3.05, 3.63) is 0 Å². The molecular formula is C22H38F4N2O8. The van der Waals surface area contributed by atoms with Crippen LogP contribution in [0.15, 0.2) is 0 Å². The first-order chi connectivity index (χ1) is 16.1. The quantitative estimate of drug-likeness (QED) is 0.393. The van der Waals surface area contributed by atoms with Crippen LogP contribution >= 0.6 is 0 Å². The molecule has 0 radical (unpaired) electrons. The van der Waals surface area contributed by atoms with Gasteiger partial charge in [0.1, 0.15) is 23.4 Å². The number of hydrogen-bond acceptors (Lipinski definition) is 8. The number of rotatable bonds is 2. The van der Waals surface area contributed by atoms with E-state index < -0.39 is 85.6 Å². The molecule has 2 aliphatic heterocycles. The molecule has 2 amide bonds. The molecule has 2 aliphatic rings. The standard InChI is InChI=1S/2C11H19F2NO4/c2*1-10(2,3)18-9(17)14-4-7(5-15)8(16)11(12,13)6-14/h2*7-8,15-16H,4-6H2,1-3H3/t2*7-,8-/m10/s1. The highest BCUT2D eigenvalue weighted by molar-refractivity contribution is 5.69. The third-order valence-corrected chi connectivity index (χ3v) is 5.24. The molecule has 10 nitrogen and oxygen atoms in total. The Kier molecular flexibility index (Phi) is 10.4. The molecule has 2 fully saturated rings. The largest absolute Gasteiger partial charge is 0.444 e. The number of ether oxygens (including phenoxy) is 2. The second kappa shape index (κ2) is 11.7. The molecule has 0 bridgehead atoms. The summed E-state index contributed by atoms with van der Waals surface area (Å²) in [5, 5.41) is 36.6. The summed E-state index contributed by atoms with van der Waals surface area (Å²) in [5.74, 6) is -9.02. The lowest BCUT2D eigenvalue weighted by atomic mass is 9.93. The first-order valence-electron chi connectivity index (χ1n) is 11.4. The normalized spacial score (nSPS) is 28.1. The van der Waals surface area contributed by atoms with E-state index in [0.29, 0.717) is 0 Å². The Balaban J connectivity index is 0.000000360. The predicted molar refractivity (Wildman–Crippen MR) is 119 cm³/mol. The highest BCUT2D eigenvalue weighted by Crippen LogP contribution is 2.32.